The highest BCUT2D eigenvalue weighted by Gasteiger charge is 2.07. The zero-order valence-electron chi connectivity index (χ0n) is 5.57. The van der Waals surface area contributed by atoms with Gasteiger partial charge in [0.1, 0.15) is 0 Å². The highest BCUT2D eigenvalue weighted by molar-refractivity contribution is 5.31. The lowest BCUT2D eigenvalue weighted by molar-refractivity contribution is -0.658. The summed E-state index contributed by atoms with van der Waals surface area (Å²) in [6.45, 7) is 3.39. The lowest BCUT2D eigenvalue weighted by atomic mass is 10.9. The van der Waals surface area contributed by atoms with Crippen LogP contribution in [0, 0.1) is 0 Å². The maximum atomic E-state index is 3.93. The molecular formula is C5H9N4+. The van der Waals surface area contributed by atoms with Crippen LogP contribution in [0.15, 0.2) is 11.3 Å². The minimum atomic E-state index is 0.759. The first-order chi connectivity index (χ1) is 4.25. The average molecular weight is 125 g/mol. The van der Waals surface area contributed by atoms with Crippen LogP contribution in [0.1, 0.15) is 0 Å². The fraction of sp³-hybridized carbons (Fsp3) is 0.400. The van der Waals surface area contributed by atoms with Crippen molar-refractivity contribution < 1.29 is 4.57 Å². The van der Waals surface area contributed by atoms with E-state index >= 15 is 0 Å². The Bertz CT molecular complexity index is 205. The molecule has 0 radical (unpaired) electrons. The molecule has 48 valence electrons. The maximum absolute atomic E-state index is 3.93. The largest absolute Gasteiger partial charge is 0.380 e. The predicted octanol–water partition coefficient (Wildman–Crippen LogP) is -0.423. The number of rotatable bonds is 1. The molecule has 1 aromatic heterocycles. The second-order valence-electron chi connectivity index (χ2n) is 1.82. The zero-order chi connectivity index (χ0) is 6.85. The molecule has 4 heteroatoms. The van der Waals surface area contributed by atoms with Crippen molar-refractivity contribution in [3.05, 3.63) is 6.33 Å². The third-order valence-electron chi connectivity index (χ3n) is 1.14. The van der Waals surface area contributed by atoms with E-state index in [9.17, 15) is 0 Å². The lowest BCUT2D eigenvalue weighted by Gasteiger charge is -1.83. The van der Waals surface area contributed by atoms with Crippen molar-refractivity contribution in [2.45, 2.75) is 0 Å². The van der Waals surface area contributed by atoms with Crippen LogP contribution < -0.4 is 4.57 Å². The van der Waals surface area contributed by atoms with Gasteiger partial charge < -0.3 is 0 Å². The first-order valence-electron chi connectivity index (χ1n) is 2.60. The fourth-order valence-electron chi connectivity index (χ4n) is 0.700. The highest BCUT2D eigenvalue weighted by atomic mass is 15.4. The molecule has 0 aliphatic heterocycles. The van der Waals surface area contributed by atoms with Gasteiger partial charge in [-0.15, -0.1) is 9.67 Å². The molecule has 0 unspecified atom stereocenters. The average Bonchev–Trinajstić information content (AvgIpc) is 2.12. The number of hydrogen-bond donors (Lipinski definition) is 0. The van der Waals surface area contributed by atoms with Gasteiger partial charge in [-0.3, -0.25) is 0 Å². The number of nitrogens with zero attached hydrogens (tertiary/aromatic N) is 4. The van der Waals surface area contributed by atoms with Gasteiger partial charge in [-0.05, 0) is 5.10 Å². The zero-order valence-corrected chi connectivity index (χ0v) is 5.57. The van der Waals surface area contributed by atoms with Gasteiger partial charge in [-0.1, -0.05) is 0 Å². The standard InChI is InChI=1S/C5H9N4/c1-6-5-8(2)4-7-9(5)3/h4H,1H2,2-3H3/q+1. The summed E-state index contributed by atoms with van der Waals surface area (Å²) in [6.07, 6.45) is 1.68. The van der Waals surface area contributed by atoms with E-state index in [2.05, 4.69) is 16.8 Å². The molecule has 1 heterocycles. The Kier molecular flexibility index (Phi) is 1.30. The second-order valence-corrected chi connectivity index (χ2v) is 1.82. The van der Waals surface area contributed by atoms with Crippen LogP contribution in [-0.2, 0) is 14.1 Å². The molecule has 0 fully saturated rings. The van der Waals surface area contributed by atoms with Gasteiger partial charge in [-0.25, -0.2) is 4.57 Å². The molecule has 0 spiro atoms. The minimum Gasteiger partial charge on any atom is -0.227 e. The summed E-state index contributed by atoms with van der Waals surface area (Å²) in [7, 11) is 3.70. The molecule has 0 amide bonds. The fourth-order valence-corrected chi connectivity index (χ4v) is 0.700. The van der Waals surface area contributed by atoms with E-state index in [1.54, 1.807) is 15.6 Å². The molecule has 0 aliphatic carbocycles. The summed E-state index contributed by atoms with van der Waals surface area (Å²) in [5, 5.41) is 3.93. The monoisotopic (exact) mass is 125 g/mol. The van der Waals surface area contributed by atoms with Crippen LogP contribution in [-0.4, -0.2) is 16.5 Å². The van der Waals surface area contributed by atoms with Gasteiger partial charge in [0.05, 0.1) is 20.8 Å². The first kappa shape index (κ1) is 5.94. The maximum Gasteiger partial charge on any atom is 0.380 e. The molecule has 1 aromatic rings. The molecule has 0 aliphatic rings. The molecule has 0 N–H and O–H groups in total. The van der Waals surface area contributed by atoms with Gasteiger partial charge in [0.25, 0.3) is 0 Å². The number of aryl methyl sites for hydroxylation is 2. The van der Waals surface area contributed by atoms with Crippen molar-refractivity contribution >= 4 is 12.7 Å². The van der Waals surface area contributed by atoms with Gasteiger partial charge in [0.15, 0.2) is 0 Å². The molecule has 1 rings (SSSR count). The summed E-state index contributed by atoms with van der Waals surface area (Å²) in [4.78, 5) is 3.74. The van der Waals surface area contributed by atoms with Crippen molar-refractivity contribution in [3.63, 3.8) is 0 Å². The quantitative estimate of drug-likeness (QED) is 0.370. The van der Waals surface area contributed by atoms with Crippen molar-refractivity contribution in [2.24, 2.45) is 19.1 Å². The molecule has 0 saturated carbocycles. The van der Waals surface area contributed by atoms with Gasteiger partial charge in [-0.2, -0.15) is 0 Å². The summed E-state index contributed by atoms with van der Waals surface area (Å²) in [5.41, 5.74) is 0. The van der Waals surface area contributed by atoms with Crippen LogP contribution >= 0.6 is 0 Å². The third-order valence-corrected chi connectivity index (χ3v) is 1.14. The Balaban J connectivity index is 3.22. The smallest absolute Gasteiger partial charge is 0.227 e. The molecule has 9 heavy (non-hydrogen) atoms. The minimum absolute atomic E-state index is 0.759. The van der Waals surface area contributed by atoms with E-state index in [1.807, 2.05) is 14.1 Å². The van der Waals surface area contributed by atoms with Gasteiger partial charge in [0.2, 0.25) is 6.33 Å². The Hall–Kier alpha value is -1.19. The van der Waals surface area contributed by atoms with Gasteiger partial charge >= 0.3 is 5.95 Å². The lowest BCUT2D eigenvalue weighted by Crippen LogP contribution is -2.25. The first-order valence-corrected chi connectivity index (χ1v) is 2.60. The van der Waals surface area contributed by atoms with Crippen LogP contribution in [0.4, 0.5) is 5.95 Å². The Morgan fingerprint density at radius 1 is 1.89 bits per heavy atom. The Labute approximate surface area is 53.5 Å². The summed E-state index contributed by atoms with van der Waals surface area (Å²) < 4.78 is 3.46. The summed E-state index contributed by atoms with van der Waals surface area (Å²) >= 11 is 0. The molecule has 0 bridgehead atoms. The van der Waals surface area contributed by atoms with E-state index in [-0.39, 0.29) is 0 Å². The normalized spacial score (nSPS) is 9.56. The van der Waals surface area contributed by atoms with Crippen molar-refractivity contribution in [1.29, 1.82) is 0 Å². The number of hydrogen-bond acceptors (Lipinski definition) is 2. The topological polar surface area (TPSA) is 34.1 Å². The van der Waals surface area contributed by atoms with Crippen LogP contribution in [0.2, 0.25) is 0 Å². The SMILES string of the molecule is C=Nc1n(C)nc[n+]1C. The molecule has 0 atom stereocenters. The Morgan fingerprint density at radius 2 is 2.56 bits per heavy atom. The number of aromatic nitrogens is 3. The van der Waals surface area contributed by atoms with E-state index in [1.165, 1.54) is 0 Å². The van der Waals surface area contributed by atoms with Gasteiger partial charge in [0, 0.05) is 0 Å². The highest BCUT2D eigenvalue weighted by Crippen LogP contribution is 1.96. The van der Waals surface area contributed by atoms with Crippen LogP contribution in [0.3, 0.4) is 0 Å². The third kappa shape index (κ3) is 0.826. The predicted molar refractivity (Wildman–Crippen MR) is 33.6 cm³/mol. The molecule has 4 nitrogen and oxygen atoms in total. The van der Waals surface area contributed by atoms with Crippen molar-refractivity contribution in [2.75, 3.05) is 0 Å². The molecule has 0 aromatic carbocycles. The van der Waals surface area contributed by atoms with E-state index in [0.717, 1.165) is 5.95 Å². The van der Waals surface area contributed by atoms with E-state index in [0.29, 0.717) is 0 Å². The number of aliphatic imine (C=N–C) groups is 1. The molecule has 0 saturated heterocycles. The van der Waals surface area contributed by atoms with Crippen molar-refractivity contribution in [3.8, 4) is 0 Å². The Morgan fingerprint density at radius 3 is 2.78 bits per heavy atom. The summed E-state index contributed by atoms with van der Waals surface area (Å²) in [6, 6.07) is 0. The van der Waals surface area contributed by atoms with Crippen molar-refractivity contribution in [1.82, 2.24) is 9.78 Å². The van der Waals surface area contributed by atoms with Crippen LogP contribution in [0.25, 0.3) is 0 Å². The van der Waals surface area contributed by atoms with Crippen LogP contribution in [0.5, 0.6) is 0 Å². The molecular weight excluding hydrogens is 116 g/mol. The second kappa shape index (κ2) is 1.97. The van der Waals surface area contributed by atoms with E-state index in [4.69, 9.17) is 0 Å². The van der Waals surface area contributed by atoms with E-state index < -0.39 is 0 Å². The summed E-state index contributed by atoms with van der Waals surface area (Å²) in [5.74, 6) is 0.759.